The highest BCUT2D eigenvalue weighted by Gasteiger charge is 2.35. The van der Waals surface area contributed by atoms with Crippen LogP contribution in [-0.4, -0.2) is 11.2 Å². The molecule has 0 aliphatic carbocycles. The first-order valence-corrected chi connectivity index (χ1v) is 5.02. The maximum absolute atomic E-state index is 12.9. The summed E-state index contributed by atoms with van der Waals surface area (Å²) in [7, 11) is 0. The van der Waals surface area contributed by atoms with Crippen LogP contribution in [0, 0.1) is 5.82 Å². The molecule has 0 unspecified atom stereocenters. The van der Waals surface area contributed by atoms with Crippen LogP contribution < -0.4 is 0 Å². The van der Waals surface area contributed by atoms with Crippen LogP contribution in [0.4, 0.5) is 13.2 Å². The van der Waals surface area contributed by atoms with Gasteiger partial charge < -0.3 is 0 Å². The maximum Gasteiger partial charge on any atom is 0.380 e. The first kappa shape index (κ1) is 12.5. The second kappa shape index (κ2) is 4.53. The molecule has 0 spiro atoms. The Kier molecular flexibility index (Phi) is 3.78. The number of halogens is 5. The van der Waals surface area contributed by atoms with Crippen molar-refractivity contribution >= 4 is 33.3 Å². The highest BCUT2D eigenvalue weighted by molar-refractivity contribution is 9.10. The van der Waals surface area contributed by atoms with Crippen molar-refractivity contribution in [2.24, 2.45) is 0 Å². The number of alkyl halides is 3. The van der Waals surface area contributed by atoms with E-state index < -0.39 is 23.4 Å². The average Bonchev–Trinajstić information content (AvgIpc) is 2.11. The van der Waals surface area contributed by atoms with Crippen molar-refractivity contribution in [3.8, 4) is 0 Å². The van der Waals surface area contributed by atoms with Gasteiger partial charge >= 0.3 is 5.38 Å². The first-order chi connectivity index (χ1) is 6.82. The Balaban J connectivity index is 2.91. The van der Waals surface area contributed by atoms with E-state index in [0.717, 1.165) is 6.07 Å². The Labute approximate surface area is 97.4 Å². The van der Waals surface area contributed by atoms with Gasteiger partial charge in [-0.3, -0.25) is 4.79 Å². The average molecular weight is 301 g/mol. The van der Waals surface area contributed by atoms with Crippen molar-refractivity contribution in [2.75, 3.05) is 0 Å². The van der Waals surface area contributed by atoms with E-state index in [1.54, 1.807) is 0 Å². The van der Waals surface area contributed by atoms with E-state index in [0.29, 0.717) is 0 Å². The summed E-state index contributed by atoms with van der Waals surface area (Å²) < 4.78 is 37.6. The molecule has 0 bridgehead atoms. The highest BCUT2D eigenvalue weighted by atomic mass is 79.9. The lowest BCUT2D eigenvalue weighted by molar-refractivity contribution is -0.132. The number of hydrogen-bond donors (Lipinski definition) is 0. The van der Waals surface area contributed by atoms with Gasteiger partial charge in [0.1, 0.15) is 5.82 Å². The fourth-order valence-corrected chi connectivity index (χ4v) is 1.43. The third-order valence-corrected chi connectivity index (χ3v) is 2.80. The molecule has 0 heterocycles. The minimum Gasteiger partial charge on any atom is -0.291 e. The molecule has 0 atom stereocenters. The summed E-state index contributed by atoms with van der Waals surface area (Å²) in [5.41, 5.74) is 0.139. The van der Waals surface area contributed by atoms with E-state index in [-0.39, 0.29) is 10.0 Å². The summed E-state index contributed by atoms with van der Waals surface area (Å²) >= 11 is 7.39. The molecule has 1 aromatic carbocycles. The maximum atomic E-state index is 12.9. The smallest absolute Gasteiger partial charge is 0.291 e. The van der Waals surface area contributed by atoms with Crippen molar-refractivity contribution in [3.63, 3.8) is 0 Å². The van der Waals surface area contributed by atoms with Crippen molar-refractivity contribution in [1.29, 1.82) is 0 Å². The number of carbonyl (C=O) groups excluding carboxylic acids is 1. The van der Waals surface area contributed by atoms with Crippen LogP contribution in [0.1, 0.15) is 5.56 Å². The zero-order chi connectivity index (χ0) is 11.6. The van der Waals surface area contributed by atoms with Gasteiger partial charge in [0, 0.05) is 6.42 Å². The van der Waals surface area contributed by atoms with Crippen LogP contribution in [0.5, 0.6) is 0 Å². The number of benzene rings is 1. The van der Waals surface area contributed by atoms with Crippen LogP contribution in [-0.2, 0) is 11.2 Å². The summed E-state index contributed by atoms with van der Waals surface area (Å²) in [6.07, 6.45) is -0.616. The van der Waals surface area contributed by atoms with Crippen LogP contribution in [0.3, 0.4) is 0 Å². The topological polar surface area (TPSA) is 17.1 Å². The van der Waals surface area contributed by atoms with Crippen LogP contribution in [0.15, 0.2) is 22.7 Å². The van der Waals surface area contributed by atoms with Gasteiger partial charge in [0.15, 0.2) is 0 Å². The van der Waals surface area contributed by atoms with Gasteiger partial charge in [0.05, 0.1) is 4.47 Å². The quantitative estimate of drug-likeness (QED) is 0.781. The third kappa shape index (κ3) is 3.21. The number of carbonyl (C=O) groups is 1. The molecule has 1 rings (SSSR count). The zero-order valence-corrected chi connectivity index (χ0v) is 9.58. The number of rotatable bonds is 3. The van der Waals surface area contributed by atoms with Gasteiger partial charge in [-0.1, -0.05) is 12.1 Å². The lowest BCUT2D eigenvalue weighted by atomic mass is 10.1. The van der Waals surface area contributed by atoms with E-state index in [9.17, 15) is 18.0 Å². The minimum absolute atomic E-state index is 0.000679. The monoisotopic (exact) mass is 300 g/mol. The highest BCUT2D eigenvalue weighted by Crippen LogP contribution is 2.26. The molecule has 0 saturated carbocycles. The first-order valence-electron chi connectivity index (χ1n) is 3.85. The normalized spacial score (nSPS) is 11.5. The number of ketones is 1. The molecule has 15 heavy (non-hydrogen) atoms. The SMILES string of the molecule is O=C(Cc1cccc(F)c1Br)C(F)(F)Cl. The van der Waals surface area contributed by atoms with Gasteiger partial charge in [0.25, 0.3) is 0 Å². The molecule has 82 valence electrons. The molecular weight excluding hydrogens is 296 g/mol. The second-order valence-corrected chi connectivity index (χ2v) is 4.08. The van der Waals surface area contributed by atoms with Crippen LogP contribution in [0.2, 0.25) is 0 Å². The fraction of sp³-hybridized carbons (Fsp3) is 0.222. The summed E-state index contributed by atoms with van der Waals surface area (Å²) in [6, 6.07) is 3.85. The van der Waals surface area contributed by atoms with Gasteiger partial charge in [0.2, 0.25) is 5.78 Å². The molecule has 6 heteroatoms. The zero-order valence-electron chi connectivity index (χ0n) is 7.24. The third-order valence-electron chi connectivity index (χ3n) is 1.70. The molecule has 1 nitrogen and oxygen atoms in total. The van der Waals surface area contributed by atoms with Crippen molar-refractivity contribution in [2.45, 2.75) is 11.8 Å². The molecule has 0 aromatic heterocycles. The van der Waals surface area contributed by atoms with Crippen molar-refractivity contribution in [3.05, 3.63) is 34.1 Å². The molecule has 0 aliphatic heterocycles. The minimum atomic E-state index is -3.91. The molecule has 0 fully saturated rings. The van der Waals surface area contributed by atoms with Crippen LogP contribution >= 0.6 is 27.5 Å². The molecule has 0 aliphatic rings. The summed E-state index contributed by atoms with van der Waals surface area (Å²) in [5.74, 6) is -2.08. The predicted molar refractivity (Wildman–Crippen MR) is 53.6 cm³/mol. The molecule has 1 aromatic rings. The molecule has 0 radical (unpaired) electrons. The number of Topliss-reactive ketones (excluding diaryl/α,β-unsaturated/α-hetero) is 1. The van der Waals surface area contributed by atoms with E-state index in [1.165, 1.54) is 12.1 Å². The summed E-state index contributed by atoms with van der Waals surface area (Å²) in [4.78, 5) is 10.9. The standard InChI is InChI=1S/C9H5BrClF3O/c10-8-5(2-1-3-6(8)12)4-7(15)9(11,13)14/h1-3H,4H2. The largest absolute Gasteiger partial charge is 0.380 e. The van der Waals surface area contributed by atoms with Crippen molar-refractivity contribution < 1.29 is 18.0 Å². The lowest BCUT2D eigenvalue weighted by Gasteiger charge is -2.08. The summed E-state index contributed by atoms with van der Waals surface area (Å²) in [6.45, 7) is 0. The molecule has 0 N–H and O–H groups in total. The Bertz CT molecular complexity index is 389. The fourth-order valence-electron chi connectivity index (χ4n) is 0.958. The van der Waals surface area contributed by atoms with E-state index in [2.05, 4.69) is 27.5 Å². The van der Waals surface area contributed by atoms with E-state index in [1.807, 2.05) is 0 Å². The van der Waals surface area contributed by atoms with Crippen molar-refractivity contribution in [1.82, 2.24) is 0 Å². The molecule has 0 amide bonds. The second-order valence-electron chi connectivity index (χ2n) is 2.81. The molecule has 0 saturated heterocycles. The Morgan fingerprint density at radius 3 is 2.60 bits per heavy atom. The summed E-state index contributed by atoms with van der Waals surface area (Å²) in [5, 5.41) is -3.91. The lowest BCUT2D eigenvalue weighted by Crippen LogP contribution is -2.23. The number of hydrogen-bond acceptors (Lipinski definition) is 1. The molecular formula is C9H5BrClF3O. The van der Waals surface area contributed by atoms with Crippen LogP contribution in [0.25, 0.3) is 0 Å². The van der Waals surface area contributed by atoms with Gasteiger partial charge in [-0.2, -0.15) is 8.78 Å². The van der Waals surface area contributed by atoms with Gasteiger partial charge in [-0.05, 0) is 39.2 Å². The Morgan fingerprint density at radius 1 is 1.47 bits per heavy atom. The van der Waals surface area contributed by atoms with E-state index in [4.69, 9.17) is 0 Å². The Hall–Kier alpha value is -0.550. The Morgan fingerprint density at radius 2 is 2.07 bits per heavy atom. The predicted octanol–water partition coefficient (Wildman–Crippen LogP) is 3.53. The van der Waals surface area contributed by atoms with Gasteiger partial charge in [-0.25, -0.2) is 4.39 Å². The van der Waals surface area contributed by atoms with Gasteiger partial charge in [-0.15, -0.1) is 0 Å². The van der Waals surface area contributed by atoms with E-state index >= 15 is 0 Å².